The number of carboxylic acids is 2. The molecule has 2 N–H and O–H groups in total. The second kappa shape index (κ2) is 11.6. The lowest BCUT2D eigenvalue weighted by atomic mass is 10.0. The molecule has 1 amide bonds. The number of amides is 1. The summed E-state index contributed by atoms with van der Waals surface area (Å²) < 4.78 is 5.32. The molecule has 11 heteroatoms. The highest BCUT2D eigenvalue weighted by Gasteiger charge is 2.32. The molecule has 0 unspecified atom stereocenters. The van der Waals surface area contributed by atoms with E-state index < -0.39 is 17.9 Å². The Bertz CT molecular complexity index is 747. The fourth-order valence-corrected chi connectivity index (χ4v) is 3.50. The van der Waals surface area contributed by atoms with Crippen molar-refractivity contribution in [2.24, 2.45) is 5.92 Å². The van der Waals surface area contributed by atoms with Gasteiger partial charge in [-0.1, -0.05) is 0 Å². The van der Waals surface area contributed by atoms with Crippen LogP contribution in [0, 0.1) is 5.92 Å². The summed E-state index contributed by atoms with van der Waals surface area (Å²) in [6, 6.07) is 0.131. The van der Waals surface area contributed by atoms with Gasteiger partial charge in [-0.3, -0.25) is 14.4 Å². The van der Waals surface area contributed by atoms with Crippen LogP contribution < -0.4 is 4.90 Å². The normalized spacial score (nSPS) is 21.7. The summed E-state index contributed by atoms with van der Waals surface area (Å²) in [5.74, 6) is -1.87. The molecule has 2 aliphatic rings. The zero-order valence-electron chi connectivity index (χ0n) is 18.2. The van der Waals surface area contributed by atoms with Gasteiger partial charge in [-0.15, -0.1) is 0 Å². The number of carbonyl (C=O) groups is 3. The Balaban J connectivity index is 0.000000785. The van der Waals surface area contributed by atoms with E-state index in [0.717, 1.165) is 26.4 Å². The number of carbonyl (C=O) groups excluding carboxylic acids is 1. The molecule has 3 heterocycles. The van der Waals surface area contributed by atoms with Crippen LogP contribution in [0.1, 0.15) is 30.1 Å². The number of rotatable bonds is 4. The SMILES string of the molecule is CC(=O)O.CN(C)[C@@H]1CC[C@H](C(=O)O)CN(C(=O)c2cnc(N3CCOCC3)nc2)C1. The van der Waals surface area contributed by atoms with Crippen molar-refractivity contribution in [3.63, 3.8) is 0 Å². The first-order chi connectivity index (χ1) is 14.7. The van der Waals surface area contributed by atoms with E-state index in [1.54, 1.807) is 4.90 Å². The molecule has 1 aromatic rings. The van der Waals surface area contributed by atoms with E-state index in [0.29, 0.717) is 37.7 Å². The molecule has 172 valence electrons. The number of carboxylic acid groups (broad SMARTS) is 2. The van der Waals surface area contributed by atoms with Gasteiger partial charge < -0.3 is 29.6 Å². The largest absolute Gasteiger partial charge is 0.481 e. The summed E-state index contributed by atoms with van der Waals surface area (Å²) in [6.07, 6.45) is 4.38. The van der Waals surface area contributed by atoms with Crippen LogP contribution in [0.4, 0.5) is 5.95 Å². The molecule has 0 spiro atoms. The van der Waals surface area contributed by atoms with Gasteiger partial charge in [0.15, 0.2) is 0 Å². The number of aliphatic carboxylic acids is 2. The third-order valence-electron chi connectivity index (χ3n) is 5.27. The zero-order chi connectivity index (χ0) is 23.0. The fraction of sp³-hybridized carbons (Fsp3) is 0.650. The predicted octanol–water partition coefficient (Wildman–Crippen LogP) is 0.271. The zero-order valence-corrected chi connectivity index (χ0v) is 18.2. The van der Waals surface area contributed by atoms with Crippen molar-refractivity contribution in [1.82, 2.24) is 19.8 Å². The highest BCUT2D eigenvalue weighted by molar-refractivity contribution is 5.94. The van der Waals surface area contributed by atoms with Crippen molar-refractivity contribution in [1.29, 1.82) is 0 Å². The van der Waals surface area contributed by atoms with Crippen LogP contribution in [0.3, 0.4) is 0 Å². The number of likely N-dealkylation sites (tertiary alicyclic amines) is 1. The number of hydrogen-bond donors (Lipinski definition) is 2. The van der Waals surface area contributed by atoms with E-state index in [-0.39, 0.29) is 18.5 Å². The number of anilines is 1. The molecule has 2 aliphatic heterocycles. The van der Waals surface area contributed by atoms with Crippen LogP contribution in [-0.4, -0.2) is 107 Å². The molecule has 3 rings (SSSR count). The molecule has 2 atom stereocenters. The molecule has 0 radical (unpaired) electrons. The third kappa shape index (κ3) is 7.44. The number of aromatic nitrogens is 2. The van der Waals surface area contributed by atoms with E-state index in [1.165, 1.54) is 12.4 Å². The molecule has 2 fully saturated rings. The van der Waals surface area contributed by atoms with Crippen LogP contribution in [0.5, 0.6) is 0 Å². The molecule has 0 bridgehead atoms. The maximum Gasteiger partial charge on any atom is 0.308 e. The minimum atomic E-state index is -0.855. The molecule has 1 aromatic heterocycles. The van der Waals surface area contributed by atoms with Gasteiger partial charge in [0.25, 0.3) is 11.9 Å². The Labute approximate surface area is 181 Å². The van der Waals surface area contributed by atoms with E-state index >= 15 is 0 Å². The Kier molecular flexibility index (Phi) is 9.13. The fourth-order valence-electron chi connectivity index (χ4n) is 3.50. The number of nitrogens with zero attached hydrogens (tertiary/aromatic N) is 5. The van der Waals surface area contributed by atoms with Gasteiger partial charge in [-0.2, -0.15) is 0 Å². The van der Waals surface area contributed by atoms with Gasteiger partial charge in [0, 0.05) is 51.5 Å². The average Bonchev–Trinajstić information content (AvgIpc) is 2.97. The van der Waals surface area contributed by atoms with Gasteiger partial charge in [0.05, 0.1) is 24.7 Å². The molecule has 0 aromatic carbocycles. The number of morpholine rings is 1. The lowest BCUT2D eigenvalue weighted by molar-refractivity contribution is -0.142. The Morgan fingerprint density at radius 1 is 1.06 bits per heavy atom. The van der Waals surface area contributed by atoms with Gasteiger partial charge in [0.2, 0.25) is 5.95 Å². The number of likely N-dealkylation sites (N-methyl/N-ethyl adjacent to an activating group) is 1. The standard InChI is InChI=1S/C18H27N5O4.C2H4O2/c1-21(2)15-4-3-13(17(25)26)11-23(12-15)16(24)14-9-19-18(20-10-14)22-5-7-27-8-6-22;1-2(3)4/h9-10,13,15H,3-8,11-12H2,1-2H3,(H,25,26);1H3,(H,3,4)/t13-,15+;/m0./s1. The third-order valence-corrected chi connectivity index (χ3v) is 5.27. The number of hydrogen-bond acceptors (Lipinski definition) is 8. The Morgan fingerprint density at radius 3 is 2.16 bits per heavy atom. The summed E-state index contributed by atoms with van der Waals surface area (Å²) in [5, 5.41) is 16.9. The minimum Gasteiger partial charge on any atom is -0.481 e. The van der Waals surface area contributed by atoms with Gasteiger partial charge in [-0.05, 0) is 26.9 Å². The predicted molar refractivity (Wildman–Crippen MR) is 112 cm³/mol. The summed E-state index contributed by atoms with van der Waals surface area (Å²) in [7, 11) is 3.91. The van der Waals surface area contributed by atoms with Crippen molar-refractivity contribution in [3.05, 3.63) is 18.0 Å². The van der Waals surface area contributed by atoms with Gasteiger partial charge >= 0.3 is 5.97 Å². The van der Waals surface area contributed by atoms with Gasteiger partial charge in [-0.25, -0.2) is 9.97 Å². The van der Waals surface area contributed by atoms with E-state index in [1.807, 2.05) is 23.9 Å². The van der Waals surface area contributed by atoms with Crippen LogP contribution in [0.2, 0.25) is 0 Å². The summed E-state index contributed by atoms with van der Waals surface area (Å²) in [4.78, 5) is 47.9. The van der Waals surface area contributed by atoms with E-state index in [2.05, 4.69) is 9.97 Å². The smallest absolute Gasteiger partial charge is 0.308 e. The topological polar surface area (TPSA) is 136 Å². The second-order valence-electron chi connectivity index (χ2n) is 7.83. The van der Waals surface area contributed by atoms with Crippen molar-refractivity contribution < 1.29 is 29.3 Å². The first kappa shape index (κ1) is 24.5. The maximum absolute atomic E-state index is 13.0. The Morgan fingerprint density at radius 2 is 1.65 bits per heavy atom. The average molecular weight is 437 g/mol. The van der Waals surface area contributed by atoms with E-state index in [9.17, 15) is 14.7 Å². The first-order valence-electron chi connectivity index (χ1n) is 10.2. The lowest BCUT2D eigenvalue weighted by Gasteiger charge is -2.29. The summed E-state index contributed by atoms with van der Waals surface area (Å²) in [6.45, 7) is 4.53. The summed E-state index contributed by atoms with van der Waals surface area (Å²) in [5.41, 5.74) is 0.385. The minimum absolute atomic E-state index is 0.131. The molecule has 31 heavy (non-hydrogen) atoms. The van der Waals surface area contributed by atoms with Crippen LogP contribution in [0.15, 0.2) is 12.4 Å². The lowest BCUT2D eigenvalue weighted by Crippen LogP contribution is -2.43. The molecule has 2 saturated heterocycles. The van der Waals surface area contributed by atoms with Crippen molar-refractivity contribution in [2.45, 2.75) is 25.8 Å². The van der Waals surface area contributed by atoms with Crippen molar-refractivity contribution in [2.75, 3.05) is 58.4 Å². The second-order valence-corrected chi connectivity index (χ2v) is 7.83. The molecule has 11 nitrogen and oxygen atoms in total. The highest BCUT2D eigenvalue weighted by Crippen LogP contribution is 2.21. The summed E-state index contributed by atoms with van der Waals surface area (Å²) >= 11 is 0. The molecular formula is C20H31N5O6. The van der Waals surface area contributed by atoms with Crippen molar-refractivity contribution >= 4 is 23.8 Å². The van der Waals surface area contributed by atoms with Crippen molar-refractivity contribution in [3.8, 4) is 0 Å². The quantitative estimate of drug-likeness (QED) is 0.675. The van der Waals surface area contributed by atoms with Gasteiger partial charge in [0.1, 0.15) is 0 Å². The molecule has 0 saturated carbocycles. The molecule has 0 aliphatic carbocycles. The van der Waals surface area contributed by atoms with Crippen LogP contribution in [0.25, 0.3) is 0 Å². The van der Waals surface area contributed by atoms with Crippen LogP contribution in [-0.2, 0) is 14.3 Å². The van der Waals surface area contributed by atoms with Crippen LogP contribution >= 0.6 is 0 Å². The first-order valence-corrected chi connectivity index (χ1v) is 10.2. The Hall–Kier alpha value is -2.79. The van der Waals surface area contributed by atoms with E-state index in [4.69, 9.17) is 14.6 Å². The molecular weight excluding hydrogens is 406 g/mol. The maximum atomic E-state index is 13.0. The highest BCUT2D eigenvalue weighted by atomic mass is 16.5. The number of ether oxygens (including phenoxy) is 1. The monoisotopic (exact) mass is 437 g/mol.